The number of rotatable bonds is 8. The molecule has 0 amide bonds. The van der Waals surface area contributed by atoms with Gasteiger partial charge in [-0.25, -0.2) is 17.2 Å². The molecule has 0 N–H and O–H groups in total. The third-order valence-electron chi connectivity index (χ3n) is 4.21. The molecule has 3 aromatic rings. The first-order chi connectivity index (χ1) is 13.9. The highest BCUT2D eigenvalue weighted by molar-refractivity contribution is 7.98. The quantitative estimate of drug-likeness (QED) is 0.486. The van der Waals surface area contributed by atoms with Crippen LogP contribution in [0.1, 0.15) is 19.4 Å². The Morgan fingerprint density at radius 2 is 1.79 bits per heavy atom. The van der Waals surface area contributed by atoms with Gasteiger partial charge in [-0.05, 0) is 24.3 Å². The first-order valence-electron chi connectivity index (χ1n) is 8.86. The van der Waals surface area contributed by atoms with Crippen molar-refractivity contribution >= 4 is 21.8 Å². The van der Waals surface area contributed by atoms with Gasteiger partial charge in [0.2, 0.25) is 15.9 Å². The van der Waals surface area contributed by atoms with E-state index in [1.165, 1.54) is 28.6 Å². The molecule has 2 aromatic carbocycles. The van der Waals surface area contributed by atoms with Crippen LogP contribution in [0.4, 0.5) is 8.78 Å². The van der Waals surface area contributed by atoms with E-state index in [1.807, 2.05) is 0 Å². The fourth-order valence-corrected chi connectivity index (χ4v) is 4.93. The van der Waals surface area contributed by atoms with Crippen molar-refractivity contribution < 1.29 is 21.6 Å². The van der Waals surface area contributed by atoms with E-state index in [9.17, 15) is 17.2 Å². The first-order valence-corrected chi connectivity index (χ1v) is 11.3. The number of hydrogen-bond acceptors (Lipinski definition) is 6. The van der Waals surface area contributed by atoms with Gasteiger partial charge in [-0.15, -0.1) is 10.2 Å². The first kappa shape index (κ1) is 21.4. The Kier molecular flexibility index (Phi) is 6.66. The van der Waals surface area contributed by atoms with Gasteiger partial charge in [0.05, 0.1) is 4.90 Å². The van der Waals surface area contributed by atoms with E-state index in [0.29, 0.717) is 18.7 Å². The van der Waals surface area contributed by atoms with Crippen molar-refractivity contribution in [1.82, 2.24) is 14.5 Å². The van der Waals surface area contributed by atoms with E-state index in [0.717, 1.165) is 17.8 Å². The van der Waals surface area contributed by atoms with Gasteiger partial charge in [0, 0.05) is 30.0 Å². The maximum Gasteiger partial charge on any atom is 0.277 e. The Hall–Kier alpha value is -2.30. The third kappa shape index (κ3) is 4.65. The minimum atomic E-state index is -3.62. The second-order valence-corrected chi connectivity index (χ2v) is 8.86. The number of sulfonamides is 1. The summed E-state index contributed by atoms with van der Waals surface area (Å²) in [7, 11) is -3.62. The minimum absolute atomic E-state index is 0.113. The Bertz CT molecular complexity index is 1100. The zero-order valence-corrected chi connectivity index (χ0v) is 17.4. The maximum atomic E-state index is 13.7. The van der Waals surface area contributed by atoms with E-state index in [2.05, 4.69) is 10.2 Å². The molecule has 0 fully saturated rings. The van der Waals surface area contributed by atoms with Crippen LogP contribution < -0.4 is 0 Å². The molecule has 6 nitrogen and oxygen atoms in total. The molecule has 0 atom stereocenters. The Balaban J connectivity index is 1.79. The summed E-state index contributed by atoms with van der Waals surface area (Å²) in [6, 6.07) is 10.2. The SMILES string of the molecule is CCN(CC)S(=O)(=O)c1cccc(-c2nnc(SCc3cccc(F)c3F)o2)c1. The van der Waals surface area contributed by atoms with Gasteiger partial charge >= 0.3 is 0 Å². The molecule has 1 aromatic heterocycles. The Labute approximate surface area is 172 Å². The number of halogens is 2. The number of aromatic nitrogens is 2. The summed E-state index contributed by atoms with van der Waals surface area (Å²) in [5, 5.41) is 7.99. The van der Waals surface area contributed by atoms with Crippen molar-refractivity contribution in [3.8, 4) is 11.5 Å². The summed E-state index contributed by atoms with van der Waals surface area (Å²) >= 11 is 1.06. The van der Waals surface area contributed by atoms with E-state index in [4.69, 9.17) is 4.42 Å². The monoisotopic (exact) mass is 439 g/mol. The molecular formula is C19H19F2N3O3S2. The highest BCUT2D eigenvalue weighted by Crippen LogP contribution is 2.28. The second-order valence-electron chi connectivity index (χ2n) is 5.99. The summed E-state index contributed by atoms with van der Waals surface area (Å²) < 4.78 is 59.3. The predicted octanol–water partition coefficient (Wildman–Crippen LogP) is 4.34. The number of thioether (sulfide) groups is 1. The van der Waals surface area contributed by atoms with E-state index >= 15 is 0 Å². The lowest BCUT2D eigenvalue weighted by Crippen LogP contribution is -2.30. The van der Waals surface area contributed by atoms with Gasteiger partial charge in [0.1, 0.15) is 0 Å². The zero-order valence-electron chi connectivity index (χ0n) is 15.8. The smallest absolute Gasteiger partial charge is 0.277 e. The normalized spacial score (nSPS) is 11.9. The molecule has 154 valence electrons. The van der Waals surface area contributed by atoms with Crippen LogP contribution in [-0.4, -0.2) is 36.0 Å². The van der Waals surface area contributed by atoms with Crippen LogP contribution in [0.3, 0.4) is 0 Å². The van der Waals surface area contributed by atoms with Crippen LogP contribution in [0, 0.1) is 11.6 Å². The molecule has 0 aliphatic heterocycles. The molecule has 3 rings (SSSR count). The molecule has 0 radical (unpaired) electrons. The van der Waals surface area contributed by atoms with Gasteiger partial charge in [0.15, 0.2) is 11.6 Å². The van der Waals surface area contributed by atoms with Gasteiger partial charge in [0.25, 0.3) is 5.22 Å². The van der Waals surface area contributed by atoms with E-state index in [-0.39, 0.29) is 27.3 Å². The summed E-state index contributed by atoms with van der Waals surface area (Å²) in [6.07, 6.45) is 0. The van der Waals surface area contributed by atoms with Gasteiger partial charge in [-0.2, -0.15) is 4.31 Å². The topological polar surface area (TPSA) is 76.3 Å². The van der Waals surface area contributed by atoms with Crippen molar-refractivity contribution in [1.29, 1.82) is 0 Å². The summed E-state index contributed by atoms with van der Waals surface area (Å²) in [4.78, 5) is 0.132. The Morgan fingerprint density at radius 1 is 1.07 bits per heavy atom. The fraction of sp³-hybridized carbons (Fsp3) is 0.263. The van der Waals surface area contributed by atoms with E-state index < -0.39 is 21.7 Å². The molecule has 1 heterocycles. The highest BCUT2D eigenvalue weighted by Gasteiger charge is 2.22. The molecular weight excluding hydrogens is 420 g/mol. The maximum absolute atomic E-state index is 13.7. The van der Waals surface area contributed by atoms with Crippen LogP contribution in [0.2, 0.25) is 0 Å². The van der Waals surface area contributed by atoms with Crippen LogP contribution in [-0.2, 0) is 15.8 Å². The predicted molar refractivity (Wildman–Crippen MR) is 106 cm³/mol. The van der Waals surface area contributed by atoms with Crippen LogP contribution in [0.15, 0.2) is 57.0 Å². The third-order valence-corrected chi connectivity index (χ3v) is 7.13. The molecule has 0 aliphatic rings. The molecule has 0 saturated carbocycles. The standard InChI is InChI=1S/C19H19F2N3O3S2/c1-3-24(4-2)29(25,26)15-9-5-7-13(11-15)18-22-23-19(27-18)28-12-14-8-6-10-16(20)17(14)21/h5-11H,3-4,12H2,1-2H3. The number of nitrogens with zero attached hydrogens (tertiary/aromatic N) is 3. The molecule has 0 saturated heterocycles. The van der Waals surface area contributed by atoms with Crippen molar-refractivity contribution in [3.63, 3.8) is 0 Å². The van der Waals surface area contributed by atoms with Crippen LogP contribution in [0.25, 0.3) is 11.5 Å². The van der Waals surface area contributed by atoms with Gasteiger partial charge < -0.3 is 4.42 Å². The molecule has 0 unspecified atom stereocenters. The van der Waals surface area contributed by atoms with Crippen molar-refractivity contribution in [2.75, 3.05) is 13.1 Å². The van der Waals surface area contributed by atoms with Crippen molar-refractivity contribution in [2.24, 2.45) is 0 Å². The molecule has 0 aliphatic carbocycles. The molecule has 0 spiro atoms. The average molecular weight is 440 g/mol. The fourth-order valence-electron chi connectivity index (χ4n) is 2.69. The second kappa shape index (κ2) is 9.02. The van der Waals surface area contributed by atoms with Crippen LogP contribution in [0.5, 0.6) is 0 Å². The lowest BCUT2D eigenvalue weighted by molar-refractivity contribution is 0.445. The van der Waals surface area contributed by atoms with E-state index in [1.54, 1.807) is 26.0 Å². The average Bonchev–Trinajstić information content (AvgIpc) is 3.19. The van der Waals surface area contributed by atoms with Crippen molar-refractivity contribution in [2.45, 2.75) is 29.7 Å². The van der Waals surface area contributed by atoms with Gasteiger partial charge in [-0.1, -0.05) is 43.8 Å². The summed E-state index contributed by atoms with van der Waals surface area (Å²) in [5.74, 6) is -1.57. The highest BCUT2D eigenvalue weighted by atomic mass is 32.2. The molecule has 0 bridgehead atoms. The molecule has 29 heavy (non-hydrogen) atoms. The number of benzene rings is 2. The molecule has 10 heteroatoms. The van der Waals surface area contributed by atoms with Crippen molar-refractivity contribution in [3.05, 3.63) is 59.7 Å². The number of hydrogen-bond donors (Lipinski definition) is 0. The summed E-state index contributed by atoms with van der Waals surface area (Å²) in [6.45, 7) is 4.27. The lowest BCUT2D eigenvalue weighted by Gasteiger charge is -2.18. The zero-order chi connectivity index (χ0) is 21.0. The Morgan fingerprint density at radius 3 is 2.52 bits per heavy atom. The lowest BCUT2D eigenvalue weighted by atomic mass is 10.2. The van der Waals surface area contributed by atoms with Gasteiger partial charge in [-0.3, -0.25) is 0 Å². The minimum Gasteiger partial charge on any atom is -0.411 e. The van der Waals surface area contributed by atoms with Crippen LogP contribution >= 0.6 is 11.8 Å². The summed E-state index contributed by atoms with van der Waals surface area (Å²) in [5.41, 5.74) is 0.636. The largest absolute Gasteiger partial charge is 0.411 e.